The van der Waals surface area contributed by atoms with E-state index in [-0.39, 0.29) is 11.6 Å². The van der Waals surface area contributed by atoms with Crippen molar-refractivity contribution in [2.45, 2.75) is 12.3 Å². The molecule has 2 N–H and O–H groups in total. The number of aliphatic hydroxyl groups excluding tert-OH is 1. The van der Waals surface area contributed by atoms with E-state index in [1.54, 1.807) is 18.2 Å². The van der Waals surface area contributed by atoms with Gasteiger partial charge in [0.25, 0.3) is 11.6 Å². The molecule has 8 heteroatoms. The summed E-state index contributed by atoms with van der Waals surface area (Å²) in [5.74, 6) is -0.346. The average molecular weight is 332 g/mol. The van der Waals surface area contributed by atoms with E-state index < -0.39 is 17.2 Å². The topological polar surface area (TPSA) is 95.7 Å². The summed E-state index contributed by atoms with van der Waals surface area (Å²) >= 11 is 6.12. The number of benzene rings is 2. The van der Waals surface area contributed by atoms with Gasteiger partial charge in [-0.3, -0.25) is 19.8 Å². The molecule has 0 fully saturated rings. The van der Waals surface area contributed by atoms with Crippen molar-refractivity contribution in [1.29, 1.82) is 0 Å². The van der Waals surface area contributed by atoms with E-state index in [2.05, 4.69) is 5.32 Å². The number of hydrogen-bond donors (Lipinski definition) is 2. The molecule has 2 heterocycles. The number of hydrogen-bond acceptors (Lipinski definition) is 5. The quantitative estimate of drug-likeness (QED) is 0.618. The Balaban J connectivity index is 1.87. The monoisotopic (exact) mass is 331 g/mol. The number of amides is 1. The highest BCUT2D eigenvalue weighted by Crippen LogP contribution is 2.46. The number of halogens is 1. The van der Waals surface area contributed by atoms with Crippen LogP contribution in [-0.2, 0) is 0 Å². The SMILES string of the molecule is O=C1c2c(Cl)cccc2NC2C(O)c3cc([N+](=O)[O-])ccc3N12. The van der Waals surface area contributed by atoms with Crippen LogP contribution < -0.4 is 10.2 Å². The van der Waals surface area contributed by atoms with Crippen LogP contribution >= 0.6 is 11.6 Å². The Morgan fingerprint density at radius 2 is 2.09 bits per heavy atom. The lowest BCUT2D eigenvalue weighted by atomic mass is 10.1. The number of nitrogens with one attached hydrogen (secondary N) is 1. The molecule has 7 nitrogen and oxygen atoms in total. The minimum Gasteiger partial charge on any atom is -0.384 e. The maximum absolute atomic E-state index is 12.8. The highest BCUT2D eigenvalue weighted by Gasteiger charge is 2.46. The van der Waals surface area contributed by atoms with Crippen LogP contribution in [0.5, 0.6) is 0 Å². The molecule has 2 aromatic rings. The summed E-state index contributed by atoms with van der Waals surface area (Å²) in [6, 6.07) is 9.09. The molecule has 0 aliphatic carbocycles. The fourth-order valence-corrected chi connectivity index (χ4v) is 3.35. The molecule has 4 rings (SSSR count). The van der Waals surface area contributed by atoms with Crippen molar-refractivity contribution in [2.24, 2.45) is 0 Å². The van der Waals surface area contributed by atoms with Crippen molar-refractivity contribution in [1.82, 2.24) is 0 Å². The number of anilines is 2. The van der Waals surface area contributed by atoms with E-state index in [0.29, 0.717) is 27.5 Å². The number of nitro groups is 1. The molecule has 0 bridgehead atoms. The van der Waals surface area contributed by atoms with Crippen molar-refractivity contribution in [2.75, 3.05) is 10.2 Å². The zero-order chi connectivity index (χ0) is 16.3. The Hall–Kier alpha value is -2.64. The number of nitro benzene ring substituents is 1. The molecule has 2 aromatic carbocycles. The van der Waals surface area contributed by atoms with Gasteiger partial charge in [0.1, 0.15) is 12.3 Å². The molecule has 2 aliphatic rings. The van der Waals surface area contributed by atoms with Crippen LogP contribution in [0, 0.1) is 10.1 Å². The third-order valence-corrected chi connectivity index (χ3v) is 4.44. The van der Waals surface area contributed by atoms with Gasteiger partial charge in [-0.2, -0.15) is 0 Å². The Labute approximate surface area is 135 Å². The predicted molar refractivity (Wildman–Crippen MR) is 83.7 cm³/mol. The fraction of sp³-hybridized carbons (Fsp3) is 0.133. The number of aliphatic hydroxyl groups is 1. The zero-order valence-corrected chi connectivity index (χ0v) is 12.3. The predicted octanol–water partition coefficient (Wildman–Crippen LogP) is 2.69. The maximum Gasteiger partial charge on any atom is 0.269 e. The van der Waals surface area contributed by atoms with Crippen molar-refractivity contribution < 1.29 is 14.8 Å². The van der Waals surface area contributed by atoms with E-state index in [4.69, 9.17) is 11.6 Å². The Morgan fingerprint density at radius 1 is 1.30 bits per heavy atom. The summed E-state index contributed by atoms with van der Waals surface area (Å²) in [4.78, 5) is 24.6. The second-order valence-electron chi connectivity index (χ2n) is 5.37. The van der Waals surface area contributed by atoms with Gasteiger partial charge >= 0.3 is 0 Å². The second-order valence-corrected chi connectivity index (χ2v) is 5.78. The van der Waals surface area contributed by atoms with Crippen LogP contribution in [0.1, 0.15) is 22.0 Å². The van der Waals surface area contributed by atoms with E-state index in [0.717, 1.165) is 0 Å². The number of rotatable bonds is 1. The maximum atomic E-state index is 12.8. The van der Waals surface area contributed by atoms with Crippen molar-refractivity contribution in [3.05, 3.63) is 62.7 Å². The number of carbonyl (C=O) groups is 1. The van der Waals surface area contributed by atoms with Crippen molar-refractivity contribution in [3.63, 3.8) is 0 Å². The number of nitrogens with zero attached hydrogens (tertiary/aromatic N) is 2. The Morgan fingerprint density at radius 3 is 2.83 bits per heavy atom. The molecule has 2 aliphatic heterocycles. The molecule has 0 spiro atoms. The van der Waals surface area contributed by atoms with Crippen LogP contribution in [0.2, 0.25) is 5.02 Å². The lowest BCUT2D eigenvalue weighted by Gasteiger charge is -2.34. The van der Waals surface area contributed by atoms with Gasteiger partial charge in [0.2, 0.25) is 0 Å². The summed E-state index contributed by atoms with van der Waals surface area (Å²) in [7, 11) is 0. The zero-order valence-electron chi connectivity index (χ0n) is 11.6. The normalized spacial score (nSPS) is 21.3. The second kappa shape index (κ2) is 4.68. The molecule has 2 unspecified atom stereocenters. The van der Waals surface area contributed by atoms with Crippen LogP contribution in [0.15, 0.2) is 36.4 Å². The van der Waals surface area contributed by atoms with Gasteiger partial charge in [-0.05, 0) is 18.2 Å². The van der Waals surface area contributed by atoms with Gasteiger partial charge in [-0.15, -0.1) is 0 Å². The summed E-state index contributed by atoms with van der Waals surface area (Å²) in [5, 5.41) is 24.8. The molecular weight excluding hydrogens is 322 g/mol. The van der Waals surface area contributed by atoms with E-state index in [1.165, 1.54) is 23.1 Å². The lowest BCUT2D eigenvalue weighted by molar-refractivity contribution is -0.384. The summed E-state index contributed by atoms with van der Waals surface area (Å²) in [5.41, 5.74) is 1.50. The first-order valence-corrected chi connectivity index (χ1v) is 7.22. The van der Waals surface area contributed by atoms with Gasteiger partial charge in [-0.1, -0.05) is 17.7 Å². The van der Waals surface area contributed by atoms with Crippen LogP contribution in [0.25, 0.3) is 0 Å². The number of carbonyl (C=O) groups excluding carboxylic acids is 1. The fourth-order valence-electron chi connectivity index (χ4n) is 3.09. The van der Waals surface area contributed by atoms with Gasteiger partial charge in [0.15, 0.2) is 0 Å². The Bertz CT molecular complexity index is 870. The van der Waals surface area contributed by atoms with Crippen molar-refractivity contribution in [3.8, 4) is 0 Å². The summed E-state index contributed by atoms with van der Waals surface area (Å²) in [6.07, 6.45) is -1.79. The van der Waals surface area contributed by atoms with Crippen LogP contribution in [0.3, 0.4) is 0 Å². The first-order valence-electron chi connectivity index (χ1n) is 6.84. The third-order valence-electron chi connectivity index (χ3n) is 4.13. The molecule has 0 saturated carbocycles. The molecule has 2 atom stereocenters. The van der Waals surface area contributed by atoms with Gasteiger partial charge in [0, 0.05) is 17.7 Å². The molecule has 23 heavy (non-hydrogen) atoms. The minimum absolute atomic E-state index is 0.134. The Kier molecular flexibility index (Phi) is 2.84. The molecule has 1 amide bonds. The first kappa shape index (κ1) is 14.0. The molecule has 0 aromatic heterocycles. The average Bonchev–Trinajstić information content (AvgIpc) is 2.80. The molecule has 116 valence electrons. The minimum atomic E-state index is -1.07. The lowest BCUT2D eigenvalue weighted by Crippen LogP contribution is -2.48. The standard InChI is InChI=1S/C15H10ClN3O4/c16-9-2-1-3-10-12(9)15(21)18-11-5-4-7(19(22)23)6-8(11)13(20)14(18)17-10/h1-6,13-14,17,20H. The third kappa shape index (κ3) is 1.84. The van der Waals surface area contributed by atoms with Crippen LogP contribution in [-0.4, -0.2) is 22.1 Å². The first-order chi connectivity index (χ1) is 11.0. The van der Waals surface area contributed by atoms with Gasteiger partial charge in [0.05, 0.1) is 26.9 Å². The largest absolute Gasteiger partial charge is 0.384 e. The van der Waals surface area contributed by atoms with E-state index in [1.807, 2.05) is 0 Å². The molecule has 0 radical (unpaired) electrons. The summed E-state index contributed by atoms with van der Waals surface area (Å²) < 4.78 is 0. The van der Waals surface area contributed by atoms with Gasteiger partial charge in [-0.25, -0.2) is 0 Å². The van der Waals surface area contributed by atoms with Crippen molar-refractivity contribution >= 4 is 34.6 Å². The number of non-ortho nitro benzene ring substituents is 1. The van der Waals surface area contributed by atoms with Crippen LogP contribution in [0.4, 0.5) is 17.1 Å². The van der Waals surface area contributed by atoms with Gasteiger partial charge < -0.3 is 10.4 Å². The molecular formula is C15H10ClN3O4. The highest BCUT2D eigenvalue weighted by atomic mass is 35.5. The number of fused-ring (bicyclic) bond motifs is 4. The van der Waals surface area contributed by atoms with E-state index in [9.17, 15) is 20.0 Å². The highest BCUT2D eigenvalue weighted by molar-refractivity contribution is 6.36. The smallest absolute Gasteiger partial charge is 0.269 e. The molecule has 0 saturated heterocycles. The summed E-state index contributed by atoms with van der Waals surface area (Å²) in [6.45, 7) is 0. The van der Waals surface area contributed by atoms with E-state index >= 15 is 0 Å².